The lowest BCUT2D eigenvalue weighted by Gasteiger charge is -2.44. The number of benzene rings is 2. The predicted molar refractivity (Wildman–Crippen MR) is 244 cm³/mol. The first-order valence-corrected chi connectivity index (χ1v) is 23.7. The second-order valence-corrected chi connectivity index (χ2v) is 19.1. The van der Waals surface area contributed by atoms with Gasteiger partial charge in [-0.2, -0.15) is 18.4 Å². The second-order valence-electron chi connectivity index (χ2n) is 19.1. The Morgan fingerprint density at radius 2 is 1.37 bits per heavy atom. The zero-order valence-electron chi connectivity index (χ0n) is 37.8. The zero-order valence-corrected chi connectivity index (χ0v) is 37.8. The molecule has 5 fully saturated rings. The molecule has 0 saturated carbocycles. The Morgan fingerprint density at radius 3 is 2.00 bits per heavy atom. The Morgan fingerprint density at radius 1 is 0.761 bits per heavy atom. The number of carbonyl (C=O) groups is 5. The first-order valence-electron chi connectivity index (χ1n) is 23.7. The second kappa shape index (κ2) is 19.3. The molecule has 18 heteroatoms. The van der Waals surface area contributed by atoms with Gasteiger partial charge in [0, 0.05) is 102 Å². The lowest BCUT2D eigenvalue weighted by atomic mass is 9.93. The van der Waals surface area contributed by atoms with Crippen LogP contribution in [-0.2, 0) is 20.6 Å². The Labute approximate surface area is 388 Å². The normalized spacial score (nSPS) is 23.1. The molecule has 0 spiro atoms. The molecule has 6 aliphatic rings. The van der Waals surface area contributed by atoms with Gasteiger partial charge in [0.2, 0.25) is 17.7 Å². The minimum Gasteiger partial charge on any atom is -0.371 e. The van der Waals surface area contributed by atoms with E-state index < -0.39 is 47.0 Å². The molecule has 3 aromatic rings. The number of hydrogen-bond acceptors (Lipinski definition) is 12. The Balaban J connectivity index is 0.672. The van der Waals surface area contributed by atoms with E-state index in [9.17, 15) is 37.1 Å². The van der Waals surface area contributed by atoms with Crippen LogP contribution >= 0.6 is 0 Å². The van der Waals surface area contributed by atoms with Crippen molar-refractivity contribution in [3.8, 4) is 6.07 Å². The number of rotatable bonds is 10. The van der Waals surface area contributed by atoms with Crippen molar-refractivity contribution in [2.75, 3.05) is 92.0 Å². The standard InChI is InChI=1S/C49H57F3N10O5/c1-31-28-57(22-23-61(31)30-33-12-16-58(17-13-33)36-4-6-39-40(24-36)48(67)62(47(39)66)42-7-9-44(63)56-46(42)65)29-32-10-18-60(19-11-32)38-5-8-43(54-27-38)55-45(64)34-14-20-59(21-15-34)37-3-2-35(26-53)41(25-37)49(50,51)52/h2-6,8,24-25,27,31-34,42H,7,9-23,28-30H2,1H3,(H,54,55,64)(H,56,63,65)/t31-,42?/m1/s1. The lowest BCUT2D eigenvalue weighted by Crippen LogP contribution is -2.54. The highest BCUT2D eigenvalue weighted by atomic mass is 19.4. The third kappa shape index (κ3) is 9.99. The molecule has 0 radical (unpaired) electrons. The number of piperazine rings is 1. The van der Waals surface area contributed by atoms with Gasteiger partial charge in [-0.1, -0.05) is 0 Å². The number of anilines is 4. The smallest absolute Gasteiger partial charge is 0.371 e. The summed E-state index contributed by atoms with van der Waals surface area (Å²) < 4.78 is 40.5. The number of aromatic nitrogens is 1. The zero-order chi connectivity index (χ0) is 47.0. The van der Waals surface area contributed by atoms with Crippen molar-refractivity contribution in [1.29, 1.82) is 5.26 Å². The molecule has 2 N–H and O–H groups in total. The maximum absolute atomic E-state index is 13.5. The van der Waals surface area contributed by atoms with Crippen LogP contribution in [0.1, 0.15) is 90.1 Å². The van der Waals surface area contributed by atoms with Crippen LogP contribution in [0.5, 0.6) is 0 Å². The number of hydrogen-bond donors (Lipinski definition) is 2. The van der Waals surface area contributed by atoms with Crippen molar-refractivity contribution in [1.82, 2.24) is 25.0 Å². The van der Waals surface area contributed by atoms with E-state index in [0.29, 0.717) is 66.4 Å². The van der Waals surface area contributed by atoms with Gasteiger partial charge >= 0.3 is 6.18 Å². The van der Waals surface area contributed by atoms with Gasteiger partial charge in [0.25, 0.3) is 11.8 Å². The number of piperidine rings is 4. The van der Waals surface area contributed by atoms with Crippen molar-refractivity contribution in [3.05, 3.63) is 77.0 Å². The number of nitriles is 1. The van der Waals surface area contributed by atoms with Crippen molar-refractivity contribution in [2.24, 2.45) is 17.8 Å². The van der Waals surface area contributed by atoms with Gasteiger partial charge in [0.1, 0.15) is 11.9 Å². The molecule has 2 atom stereocenters. The van der Waals surface area contributed by atoms with Gasteiger partial charge in [-0.25, -0.2) is 4.98 Å². The monoisotopic (exact) mass is 922 g/mol. The number of halogens is 3. The van der Waals surface area contributed by atoms with Gasteiger partial charge in [0.15, 0.2) is 0 Å². The topological polar surface area (TPSA) is 166 Å². The van der Waals surface area contributed by atoms with Crippen LogP contribution in [0.25, 0.3) is 0 Å². The van der Waals surface area contributed by atoms with Crippen LogP contribution in [0.3, 0.4) is 0 Å². The molecule has 5 amide bonds. The molecule has 6 aliphatic heterocycles. The van der Waals surface area contributed by atoms with E-state index >= 15 is 0 Å². The summed E-state index contributed by atoms with van der Waals surface area (Å²) in [5.74, 6) is -0.735. The van der Waals surface area contributed by atoms with E-state index in [1.807, 2.05) is 29.3 Å². The summed E-state index contributed by atoms with van der Waals surface area (Å²) in [6.45, 7) is 12.1. The minimum atomic E-state index is -4.62. The summed E-state index contributed by atoms with van der Waals surface area (Å²) in [5, 5.41) is 14.3. The molecule has 5 saturated heterocycles. The molecule has 2 aromatic carbocycles. The average Bonchev–Trinajstić information content (AvgIpc) is 3.57. The number of nitrogens with zero attached hydrogens (tertiary/aromatic N) is 8. The number of pyridine rings is 1. The van der Waals surface area contributed by atoms with Gasteiger partial charge < -0.3 is 24.9 Å². The molecular weight excluding hydrogens is 866 g/mol. The number of imide groups is 2. The average molecular weight is 923 g/mol. The van der Waals surface area contributed by atoms with E-state index in [1.54, 1.807) is 18.2 Å². The molecule has 1 aromatic heterocycles. The maximum Gasteiger partial charge on any atom is 0.417 e. The summed E-state index contributed by atoms with van der Waals surface area (Å²) in [4.78, 5) is 81.1. The van der Waals surface area contributed by atoms with Crippen molar-refractivity contribution < 1.29 is 37.1 Å². The molecule has 354 valence electrons. The Hall–Kier alpha value is -6.06. The summed E-state index contributed by atoms with van der Waals surface area (Å²) >= 11 is 0. The van der Waals surface area contributed by atoms with Crippen molar-refractivity contribution in [3.63, 3.8) is 0 Å². The molecule has 15 nitrogen and oxygen atoms in total. The predicted octanol–water partition coefficient (Wildman–Crippen LogP) is 5.37. The molecule has 1 unspecified atom stereocenters. The largest absolute Gasteiger partial charge is 0.417 e. The number of carbonyl (C=O) groups excluding carboxylic acids is 5. The molecular formula is C49H57F3N10O5. The molecule has 67 heavy (non-hydrogen) atoms. The van der Waals surface area contributed by atoms with Gasteiger partial charge in [-0.3, -0.25) is 39.1 Å². The van der Waals surface area contributed by atoms with Crippen LogP contribution in [-0.4, -0.2) is 133 Å². The Bertz CT molecular complexity index is 2420. The number of amides is 5. The van der Waals surface area contributed by atoms with E-state index in [0.717, 1.165) is 107 Å². The molecule has 0 aliphatic carbocycles. The van der Waals surface area contributed by atoms with Gasteiger partial charge in [0.05, 0.1) is 40.2 Å². The first kappa shape index (κ1) is 46.1. The number of nitrogens with one attached hydrogen (secondary N) is 2. The molecule has 7 heterocycles. The highest BCUT2D eigenvalue weighted by Gasteiger charge is 2.45. The number of fused-ring (bicyclic) bond motifs is 1. The molecule has 0 bridgehead atoms. The summed E-state index contributed by atoms with van der Waals surface area (Å²) in [6.07, 6.45) is 2.65. The van der Waals surface area contributed by atoms with E-state index in [1.165, 1.54) is 12.1 Å². The van der Waals surface area contributed by atoms with Crippen LogP contribution in [0.4, 0.5) is 36.1 Å². The van der Waals surface area contributed by atoms with Crippen molar-refractivity contribution in [2.45, 2.75) is 76.6 Å². The maximum atomic E-state index is 13.5. The van der Waals surface area contributed by atoms with E-state index in [4.69, 9.17) is 5.26 Å². The third-order valence-electron chi connectivity index (χ3n) is 14.9. The van der Waals surface area contributed by atoms with Crippen molar-refractivity contribution >= 4 is 52.4 Å². The minimum absolute atomic E-state index is 0.0894. The van der Waals surface area contributed by atoms with Gasteiger partial charge in [-0.15, -0.1) is 0 Å². The SMILES string of the molecule is C[C@@H]1CN(CC2CCN(c3ccc(NC(=O)C4CCN(c5ccc(C#N)c(C(F)(F)F)c5)CC4)nc3)CC2)CCN1CC1CCN(c2ccc3c(c2)C(=O)N(C2CCC(=O)NC2=O)C3=O)CC1. The fraction of sp³-hybridized carbons (Fsp3) is 0.531. The summed E-state index contributed by atoms with van der Waals surface area (Å²) in [7, 11) is 0. The summed E-state index contributed by atoms with van der Waals surface area (Å²) in [5.41, 5.74) is 1.58. The van der Waals surface area contributed by atoms with Crippen LogP contribution in [0, 0.1) is 29.1 Å². The van der Waals surface area contributed by atoms with Gasteiger partial charge in [-0.05, 0) is 112 Å². The highest BCUT2D eigenvalue weighted by Crippen LogP contribution is 2.37. The Kier molecular flexibility index (Phi) is 13.3. The van der Waals surface area contributed by atoms with Crippen LogP contribution < -0.4 is 25.3 Å². The fourth-order valence-electron chi connectivity index (χ4n) is 10.9. The fourth-order valence-corrected chi connectivity index (χ4v) is 10.9. The first-order chi connectivity index (χ1) is 32.2. The van der Waals surface area contributed by atoms with E-state index in [-0.39, 0.29) is 24.7 Å². The summed E-state index contributed by atoms with van der Waals surface area (Å²) in [6, 6.07) is 14.1. The van der Waals surface area contributed by atoms with Crippen LogP contribution in [0.15, 0.2) is 54.7 Å². The number of alkyl halides is 3. The lowest BCUT2D eigenvalue weighted by molar-refractivity contribution is -0.138. The van der Waals surface area contributed by atoms with E-state index in [2.05, 4.69) is 42.1 Å². The van der Waals surface area contributed by atoms with Crippen LogP contribution in [0.2, 0.25) is 0 Å². The quantitative estimate of drug-likeness (QED) is 0.251. The molecule has 9 rings (SSSR count). The highest BCUT2D eigenvalue weighted by molar-refractivity contribution is 6.23. The third-order valence-corrected chi connectivity index (χ3v) is 14.9.